The van der Waals surface area contributed by atoms with Crippen LogP contribution in [0.3, 0.4) is 0 Å². The lowest BCUT2D eigenvalue weighted by molar-refractivity contribution is 0.482. The van der Waals surface area contributed by atoms with Crippen molar-refractivity contribution in [2.45, 2.75) is 12.8 Å². The molecule has 0 aliphatic carbocycles. The smallest absolute Gasteiger partial charge is 0.271 e. The van der Waals surface area contributed by atoms with Crippen LogP contribution in [0.1, 0.15) is 12.8 Å². The predicted octanol–water partition coefficient (Wildman–Crippen LogP) is 1.09. The van der Waals surface area contributed by atoms with E-state index < -0.39 is 10.2 Å². The Labute approximate surface area is 105 Å². The highest BCUT2D eigenvalue weighted by Gasteiger charge is 2.25. The Morgan fingerprint density at radius 3 is 2.78 bits per heavy atom. The van der Waals surface area contributed by atoms with Crippen molar-refractivity contribution < 1.29 is 8.42 Å². The van der Waals surface area contributed by atoms with Gasteiger partial charge in [0.05, 0.1) is 11.2 Å². The zero-order chi connectivity index (χ0) is 12.6. The highest BCUT2D eigenvalue weighted by molar-refractivity contribution is 7.90. The second kappa shape index (κ2) is 4.25. The Hall–Kier alpha value is -1.60. The van der Waals surface area contributed by atoms with Gasteiger partial charge in [0.1, 0.15) is 0 Å². The van der Waals surface area contributed by atoms with Crippen LogP contribution in [0.15, 0.2) is 30.6 Å². The van der Waals surface area contributed by atoms with E-state index in [1.165, 1.54) is 4.31 Å². The van der Waals surface area contributed by atoms with E-state index in [1.54, 1.807) is 29.0 Å². The second-order valence-electron chi connectivity index (χ2n) is 4.33. The van der Waals surface area contributed by atoms with Crippen LogP contribution in [0.5, 0.6) is 0 Å². The van der Waals surface area contributed by atoms with Crippen molar-refractivity contribution >= 4 is 21.4 Å². The minimum atomic E-state index is -3.41. The van der Waals surface area contributed by atoms with Gasteiger partial charge in [-0.15, -0.1) is 0 Å². The summed E-state index contributed by atoms with van der Waals surface area (Å²) in [5.74, 6) is 0. The fourth-order valence-electron chi connectivity index (χ4n) is 2.13. The normalized spacial score (nSPS) is 17.3. The number of nitrogens with zero attached hydrogens (tertiary/aromatic N) is 3. The molecule has 6 nitrogen and oxygen atoms in total. The molecule has 3 heterocycles. The largest absolute Gasteiger partial charge is 0.301 e. The van der Waals surface area contributed by atoms with Crippen LogP contribution in [-0.4, -0.2) is 35.4 Å². The molecule has 0 spiro atoms. The molecular weight excluding hydrogens is 252 g/mol. The van der Waals surface area contributed by atoms with Gasteiger partial charge in [-0.2, -0.15) is 17.8 Å². The van der Waals surface area contributed by atoms with E-state index in [4.69, 9.17) is 0 Å². The monoisotopic (exact) mass is 266 g/mol. The number of nitrogens with one attached hydrogen (secondary N) is 1. The topological polar surface area (TPSA) is 66.7 Å². The van der Waals surface area contributed by atoms with E-state index in [2.05, 4.69) is 9.82 Å². The van der Waals surface area contributed by atoms with E-state index in [0.717, 1.165) is 18.4 Å². The molecule has 2 aromatic heterocycles. The fraction of sp³-hybridized carbons (Fsp3) is 0.364. The number of hydrogen-bond donors (Lipinski definition) is 1. The molecule has 96 valence electrons. The zero-order valence-electron chi connectivity index (χ0n) is 9.78. The van der Waals surface area contributed by atoms with Crippen molar-refractivity contribution in [1.82, 2.24) is 13.9 Å². The Kier molecular flexibility index (Phi) is 2.71. The Bertz CT molecular complexity index is 658. The van der Waals surface area contributed by atoms with E-state index in [9.17, 15) is 8.42 Å². The summed E-state index contributed by atoms with van der Waals surface area (Å²) in [7, 11) is -3.41. The van der Waals surface area contributed by atoms with Crippen LogP contribution in [0, 0.1) is 0 Å². The maximum absolute atomic E-state index is 12.1. The minimum absolute atomic E-state index is 0.565. The molecule has 1 aliphatic rings. The van der Waals surface area contributed by atoms with Gasteiger partial charge in [0, 0.05) is 25.5 Å². The van der Waals surface area contributed by atoms with E-state index in [-0.39, 0.29) is 0 Å². The first-order valence-corrected chi connectivity index (χ1v) is 7.30. The number of anilines is 1. The summed E-state index contributed by atoms with van der Waals surface area (Å²) < 4.78 is 29.9. The molecule has 3 rings (SSSR count). The fourth-order valence-corrected chi connectivity index (χ4v) is 3.42. The summed E-state index contributed by atoms with van der Waals surface area (Å²) in [6, 6.07) is 5.29. The Balaban J connectivity index is 1.86. The molecule has 1 aliphatic heterocycles. The average Bonchev–Trinajstić information content (AvgIpc) is 2.99. The van der Waals surface area contributed by atoms with Crippen LogP contribution in [-0.2, 0) is 10.2 Å². The summed E-state index contributed by atoms with van der Waals surface area (Å²) in [4.78, 5) is 0. The lowest BCUT2D eigenvalue weighted by Gasteiger charge is -2.16. The van der Waals surface area contributed by atoms with Gasteiger partial charge in [-0.25, -0.2) is 4.52 Å². The molecule has 18 heavy (non-hydrogen) atoms. The van der Waals surface area contributed by atoms with Gasteiger partial charge in [-0.3, -0.25) is 4.72 Å². The number of fused-ring (bicyclic) bond motifs is 1. The summed E-state index contributed by atoms with van der Waals surface area (Å²) in [5.41, 5.74) is 1.42. The van der Waals surface area contributed by atoms with Crippen LogP contribution in [0.2, 0.25) is 0 Å². The van der Waals surface area contributed by atoms with Gasteiger partial charge in [0.2, 0.25) is 0 Å². The van der Waals surface area contributed by atoms with Crippen molar-refractivity contribution in [3.8, 4) is 0 Å². The van der Waals surface area contributed by atoms with Crippen molar-refractivity contribution in [3.05, 3.63) is 30.6 Å². The van der Waals surface area contributed by atoms with Gasteiger partial charge in [0.15, 0.2) is 0 Å². The van der Waals surface area contributed by atoms with E-state index >= 15 is 0 Å². The van der Waals surface area contributed by atoms with Gasteiger partial charge in [-0.1, -0.05) is 0 Å². The molecule has 0 atom stereocenters. The van der Waals surface area contributed by atoms with Crippen molar-refractivity contribution in [2.24, 2.45) is 0 Å². The average molecular weight is 266 g/mol. The van der Waals surface area contributed by atoms with Crippen molar-refractivity contribution in [2.75, 3.05) is 17.8 Å². The second-order valence-corrected chi connectivity index (χ2v) is 6.00. The molecule has 1 fully saturated rings. The third-order valence-electron chi connectivity index (χ3n) is 3.05. The first-order valence-electron chi connectivity index (χ1n) is 5.86. The predicted molar refractivity (Wildman–Crippen MR) is 68.5 cm³/mol. The molecule has 0 aromatic carbocycles. The SMILES string of the molecule is O=S(=O)(Nc1ccn2nccc2c1)N1CCCC1. The number of aromatic nitrogens is 2. The molecule has 2 aromatic rings. The summed E-state index contributed by atoms with van der Waals surface area (Å²) in [5, 5.41) is 4.06. The van der Waals surface area contributed by atoms with E-state index in [0.29, 0.717) is 18.8 Å². The summed E-state index contributed by atoms with van der Waals surface area (Å²) >= 11 is 0. The molecule has 0 unspecified atom stereocenters. The number of pyridine rings is 1. The Morgan fingerprint density at radius 1 is 1.22 bits per heavy atom. The maximum atomic E-state index is 12.1. The highest BCUT2D eigenvalue weighted by atomic mass is 32.2. The minimum Gasteiger partial charge on any atom is -0.271 e. The number of hydrogen-bond acceptors (Lipinski definition) is 3. The first kappa shape index (κ1) is 11.5. The molecule has 1 saturated heterocycles. The molecule has 0 radical (unpaired) electrons. The Morgan fingerprint density at radius 2 is 2.00 bits per heavy atom. The third-order valence-corrected chi connectivity index (χ3v) is 4.59. The standard InChI is InChI=1S/C11H14N4O2S/c16-18(17,14-6-1-2-7-14)13-10-4-8-15-11(9-10)3-5-12-15/h3-5,8-9,13H,1-2,6-7H2. The molecular formula is C11H14N4O2S. The van der Waals surface area contributed by atoms with Gasteiger partial charge in [-0.05, 0) is 31.0 Å². The quantitative estimate of drug-likeness (QED) is 0.904. The summed E-state index contributed by atoms with van der Waals surface area (Å²) in [6.45, 7) is 1.20. The van der Waals surface area contributed by atoms with Crippen molar-refractivity contribution in [3.63, 3.8) is 0 Å². The zero-order valence-corrected chi connectivity index (χ0v) is 10.6. The lowest BCUT2D eigenvalue weighted by Crippen LogP contribution is -2.33. The van der Waals surface area contributed by atoms with Crippen LogP contribution in [0.4, 0.5) is 5.69 Å². The van der Waals surface area contributed by atoms with Crippen LogP contribution < -0.4 is 4.72 Å². The molecule has 7 heteroatoms. The lowest BCUT2D eigenvalue weighted by atomic mass is 10.4. The summed E-state index contributed by atoms with van der Waals surface area (Å²) in [6.07, 6.45) is 5.27. The number of rotatable bonds is 3. The van der Waals surface area contributed by atoms with E-state index in [1.807, 2.05) is 6.07 Å². The first-order chi connectivity index (χ1) is 8.65. The maximum Gasteiger partial charge on any atom is 0.301 e. The molecule has 0 bridgehead atoms. The third kappa shape index (κ3) is 2.06. The van der Waals surface area contributed by atoms with Crippen molar-refractivity contribution in [1.29, 1.82) is 0 Å². The van der Waals surface area contributed by atoms with Gasteiger partial charge < -0.3 is 0 Å². The van der Waals surface area contributed by atoms with Gasteiger partial charge in [0.25, 0.3) is 0 Å². The van der Waals surface area contributed by atoms with Crippen LogP contribution >= 0.6 is 0 Å². The van der Waals surface area contributed by atoms with Crippen LogP contribution in [0.25, 0.3) is 5.52 Å². The van der Waals surface area contributed by atoms with Gasteiger partial charge >= 0.3 is 10.2 Å². The highest BCUT2D eigenvalue weighted by Crippen LogP contribution is 2.17. The molecule has 0 amide bonds. The molecule has 0 saturated carbocycles. The molecule has 1 N–H and O–H groups in total.